The number of fused-ring (bicyclic) bond motifs is 1. The van der Waals surface area contributed by atoms with E-state index in [1.54, 1.807) is 18.0 Å². The first-order chi connectivity index (χ1) is 15.2. The fourth-order valence-corrected chi connectivity index (χ4v) is 5.60. The molecule has 0 saturated carbocycles. The number of nitrogens with one attached hydrogen (secondary N) is 1. The van der Waals surface area contributed by atoms with Crippen LogP contribution in [0.4, 0.5) is 0 Å². The molecule has 4 rings (SSSR count). The molecular formula is C21H24N6O2S2. The molecule has 0 radical (unpaired) electrons. The van der Waals surface area contributed by atoms with Crippen molar-refractivity contribution in [2.45, 2.75) is 35.2 Å². The van der Waals surface area contributed by atoms with Crippen LogP contribution >= 0.6 is 23.5 Å². The SMILES string of the molecule is COC(=O)C(Sc1nn[nH]n1)c1nccc(SCCN2CCc3ccccc3C2)c1C. The Morgan fingerprint density at radius 2 is 2.13 bits per heavy atom. The second kappa shape index (κ2) is 10.3. The Kier molecular flexibility index (Phi) is 7.21. The molecule has 0 bridgehead atoms. The molecule has 1 N–H and O–H groups in total. The number of pyridine rings is 1. The summed E-state index contributed by atoms with van der Waals surface area (Å²) in [5, 5.41) is 13.6. The lowest BCUT2D eigenvalue weighted by Gasteiger charge is -2.28. The Labute approximate surface area is 189 Å². The van der Waals surface area contributed by atoms with Gasteiger partial charge in [-0.2, -0.15) is 5.21 Å². The van der Waals surface area contributed by atoms with Crippen molar-refractivity contribution in [2.75, 3.05) is 26.0 Å². The molecule has 162 valence electrons. The van der Waals surface area contributed by atoms with Gasteiger partial charge in [-0.1, -0.05) is 36.0 Å². The molecular weight excluding hydrogens is 432 g/mol. The number of ether oxygens (including phenoxy) is 1. The molecule has 2 aromatic heterocycles. The Morgan fingerprint density at radius 3 is 2.90 bits per heavy atom. The summed E-state index contributed by atoms with van der Waals surface area (Å²) in [5.74, 6) is 0.576. The number of benzene rings is 1. The minimum absolute atomic E-state index is 0.375. The number of nitrogens with zero attached hydrogens (tertiary/aromatic N) is 5. The van der Waals surface area contributed by atoms with Crippen LogP contribution in [0.5, 0.6) is 0 Å². The molecule has 8 nitrogen and oxygen atoms in total. The van der Waals surface area contributed by atoms with E-state index in [1.807, 2.05) is 13.0 Å². The standard InChI is InChI=1S/C21H24N6O2S2/c1-14-17(30-12-11-27-10-8-15-5-3-4-6-16(15)13-27)7-9-22-18(14)19(20(28)29-2)31-21-23-25-26-24-21/h3-7,9,19H,8,10-13H2,1-2H3,(H,23,24,25,26). The van der Waals surface area contributed by atoms with Crippen molar-refractivity contribution in [3.63, 3.8) is 0 Å². The number of esters is 1. The summed E-state index contributed by atoms with van der Waals surface area (Å²) in [5.41, 5.74) is 4.54. The Balaban J connectivity index is 1.41. The monoisotopic (exact) mass is 456 g/mol. The molecule has 1 aliphatic heterocycles. The van der Waals surface area contributed by atoms with Gasteiger partial charge in [-0.05, 0) is 41.3 Å². The summed E-state index contributed by atoms with van der Waals surface area (Å²) in [6.45, 7) is 5.09. The van der Waals surface area contributed by atoms with E-state index < -0.39 is 5.25 Å². The van der Waals surface area contributed by atoms with Crippen molar-refractivity contribution in [1.82, 2.24) is 30.5 Å². The number of methoxy groups -OCH3 is 1. The molecule has 1 unspecified atom stereocenters. The molecule has 31 heavy (non-hydrogen) atoms. The fraction of sp³-hybridized carbons (Fsp3) is 0.381. The maximum absolute atomic E-state index is 12.4. The van der Waals surface area contributed by atoms with Gasteiger partial charge in [0.05, 0.1) is 12.8 Å². The van der Waals surface area contributed by atoms with Crippen molar-refractivity contribution in [1.29, 1.82) is 0 Å². The Bertz CT molecular complexity index is 1030. The highest BCUT2D eigenvalue weighted by molar-refractivity contribution is 8.00. The molecule has 3 heterocycles. The lowest BCUT2D eigenvalue weighted by molar-refractivity contribution is -0.140. The van der Waals surface area contributed by atoms with Crippen LogP contribution in [0.15, 0.2) is 46.6 Å². The van der Waals surface area contributed by atoms with E-state index in [1.165, 1.54) is 30.0 Å². The molecule has 0 saturated heterocycles. The maximum atomic E-state index is 12.4. The van der Waals surface area contributed by atoms with Gasteiger partial charge in [-0.3, -0.25) is 14.7 Å². The van der Waals surface area contributed by atoms with E-state index in [9.17, 15) is 4.79 Å². The maximum Gasteiger partial charge on any atom is 0.325 e. The quantitative estimate of drug-likeness (QED) is 0.405. The molecule has 0 amide bonds. The van der Waals surface area contributed by atoms with Crippen LogP contribution in [-0.4, -0.2) is 62.4 Å². The second-order valence-electron chi connectivity index (χ2n) is 7.18. The zero-order valence-corrected chi connectivity index (χ0v) is 19.1. The van der Waals surface area contributed by atoms with Crippen LogP contribution in [0.2, 0.25) is 0 Å². The largest absolute Gasteiger partial charge is 0.468 e. The van der Waals surface area contributed by atoms with E-state index in [-0.39, 0.29) is 5.97 Å². The van der Waals surface area contributed by atoms with Gasteiger partial charge >= 0.3 is 5.97 Å². The van der Waals surface area contributed by atoms with Gasteiger partial charge in [0.2, 0.25) is 5.16 Å². The second-order valence-corrected chi connectivity index (χ2v) is 9.39. The van der Waals surface area contributed by atoms with Gasteiger partial charge in [0.15, 0.2) is 5.25 Å². The van der Waals surface area contributed by atoms with E-state index in [0.29, 0.717) is 10.9 Å². The Morgan fingerprint density at radius 1 is 1.29 bits per heavy atom. The first-order valence-electron chi connectivity index (χ1n) is 10.0. The van der Waals surface area contributed by atoms with E-state index in [0.717, 1.165) is 42.3 Å². The number of carbonyl (C=O) groups is 1. The zero-order chi connectivity index (χ0) is 21.6. The third-order valence-electron chi connectivity index (χ3n) is 5.28. The molecule has 1 atom stereocenters. The van der Waals surface area contributed by atoms with Crippen LogP contribution in [0.3, 0.4) is 0 Å². The number of carbonyl (C=O) groups excluding carboxylic acids is 1. The van der Waals surface area contributed by atoms with E-state index in [4.69, 9.17) is 4.74 Å². The summed E-state index contributed by atoms with van der Waals surface area (Å²) in [4.78, 5) is 20.5. The predicted octanol–water partition coefficient (Wildman–Crippen LogP) is 3.06. The fourth-order valence-electron chi connectivity index (χ4n) is 3.61. The normalized spacial score (nSPS) is 14.8. The van der Waals surface area contributed by atoms with Gasteiger partial charge in [0.25, 0.3) is 0 Å². The van der Waals surface area contributed by atoms with E-state index >= 15 is 0 Å². The number of H-pyrrole nitrogens is 1. The number of aromatic nitrogens is 5. The van der Waals surface area contributed by atoms with Crippen LogP contribution in [0, 0.1) is 6.92 Å². The van der Waals surface area contributed by atoms with Gasteiger partial charge in [-0.25, -0.2) is 0 Å². The summed E-state index contributed by atoms with van der Waals surface area (Å²) in [7, 11) is 1.37. The smallest absolute Gasteiger partial charge is 0.325 e. The minimum atomic E-state index is -0.651. The van der Waals surface area contributed by atoms with Gasteiger partial charge < -0.3 is 4.74 Å². The third kappa shape index (κ3) is 5.25. The van der Waals surface area contributed by atoms with Crippen molar-refractivity contribution < 1.29 is 9.53 Å². The van der Waals surface area contributed by atoms with Gasteiger partial charge in [0, 0.05) is 36.5 Å². The highest BCUT2D eigenvalue weighted by atomic mass is 32.2. The first kappa shape index (κ1) is 21.8. The summed E-state index contributed by atoms with van der Waals surface area (Å²) in [6.07, 6.45) is 2.85. The van der Waals surface area contributed by atoms with Crippen molar-refractivity contribution in [3.05, 3.63) is 58.9 Å². The predicted molar refractivity (Wildman–Crippen MR) is 120 cm³/mol. The van der Waals surface area contributed by atoms with Gasteiger partial charge in [0.1, 0.15) is 0 Å². The summed E-state index contributed by atoms with van der Waals surface area (Å²) in [6, 6.07) is 10.7. The highest BCUT2D eigenvalue weighted by Gasteiger charge is 2.28. The molecule has 0 aliphatic carbocycles. The molecule has 0 spiro atoms. The molecule has 3 aromatic rings. The Hall–Kier alpha value is -2.43. The first-order valence-corrected chi connectivity index (χ1v) is 11.9. The van der Waals surface area contributed by atoms with Crippen LogP contribution < -0.4 is 0 Å². The molecule has 1 aromatic carbocycles. The molecule has 1 aliphatic rings. The van der Waals surface area contributed by atoms with Crippen molar-refractivity contribution in [3.8, 4) is 0 Å². The average molecular weight is 457 g/mol. The van der Waals surface area contributed by atoms with Crippen molar-refractivity contribution >= 4 is 29.5 Å². The number of rotatable bonds is 8. The zero-order valence-electron chi connectivity index (χ0n) is 17.4. The average Bonchev–Trinajstić information content (AvgIpc) is 3.31. The third-order valence-corrected chi connectivity index (χ3v) is 7.46. The molecule has 0 fully saturated rings. The lowest BCUT2D eigenvalue weighted by Crippen LogP contribution is -2.32. The number of hydrogen-bond donors (Lipinski definition) is 1. The number of thioether (sulfide) groups is 2. The van der Waals surface area contributed by atoms with Crippen LogP contribution in [0.1, 0.15) is 27.6 Å². The van der Waals surface area contributed by atoms with E-state index in [2.05, 4.69) is 54.8 Å². The number of aromatic amines is 1. The number of tetrazole rings is 1. The number of hydrogen-bond acceptors (Lipinski definition) is 9. The van der Waals surface area contributed by atoms with Crippen LogP contribution in [0.25, 0.3) is 0 Å². The minimum Gasteiger partial charge on any atom is -0.468 e. The summed E-state index contributed by atoms with van der Waals surface area (Å²) < 4.78 is 5.00. The van der Waals surface area contributed by atoms with Crippen LogP contribution in [-0.2, 0) is 22.5 Å². The highest BCUT2D eigenvalue weighted by Crippen LogP contribution is 2.37. The molecule has 10 heteroatoms. The topological polar surface area (TPSA) is 96.9 Å². The van der Waals surface area contributed by atoms with Crippen molar-refractivity contribution in [2.24, 2.45) is 0 Å². The lowest BCUT2D eigenvalue weighted by atomic mass is 10.0. The summed E-state index contributed by atoms with van der Waals surface area (Å²) >= 11 is 2.96. The van der Waals surface area contributed by atoms with Gasteiger partial charge in [-0.15, -0.1) is 22.0 Å².